The summed E-state index contributed by atoms with van der Waals surface area (Å²) in [5.74, 6) is 0.904. The van der Waals surface area contributed by atoms with Gasteiger partial charge in [0, 0.05) is 6.08 Å². The van der Waals surface area contributed by atoms with Crippen LogP contribution in [0.5, 0.6) is 0 Å². The molecule has 1 heterocycles. The molecule has 1 aliphatic rings. The van der Waals surface area contributed by atoms with Gasteiger partial charge in [0.25, 0.3) is 0 Å². The van der Waals surface area contributed by atoms with Crippen LogP contribution >= 0.6 is 11.8 Å². The largest absolute Gasteiger partial charge is 0.432 e. The fourth-order valence-electron chi connectivity index (χ4n) is 0.562. The highest BCUT2D eigenvalue weighted by Crippen LogP contribution is 2.16. The van der Waals surface area contributed by atoms with Crippen molar-refractivity contribution in [2.75, 3.05) is 11.7 Å². The number of carbonyl (C=O) groups is 1. The third-order valence-corrected chi connectivity index (χ3v) is 1.82. The molecule has 56 valence electrons. The van der Waals surface area contributed by atoms with Crippen molar-refractivity contribution in [3.63, 3.8) is 0 Å². The number of rotatable bonds is 2. The maximum atomic E-state index is 10.5. The van der Waals surface area contributed by atoms with Crippen molar-refractivity contribution in [2.24, 2.45) is 0 Å². The van der Waals surface area contributed by atoms with E-state index >= 15 is 0 Å². The lowest BCUT2D eigenvalue weighted by Gasteiger charge is -2.06. The number of thioether (sulfide) groups is 1. The Labute approximate surface area is 63.4 Å². The molecule has 3 nitrogen and oxygen atoms in total. The van der Waals surface area contributed by atoms with Crippen LogP contribution in [0.15, 0.2) is 12.7 Å². The zero-order valence-electron chi connectivity index (χ0n) is 5.41. The molecule has 0 radical (unpaired) electrons. The van der Waals surface area contributed by atoms with Gasteiger partial charge in [0.15, 0.2) is 0 Å². The molecule has 0 aromatic heterocycles. The minimum atomic E-state index is -0.424. The second-order valence-corrected chi connectivity index (χ2v) is 2.70. The van der Waals surface area contributed by atoms with Crippen LogP contribution in [-0.2, 0) is 14.3 Å². The van der Waals surface area contributed by atoms with Crippen molar-refractivity contribution in [3.05, 3.63) is 12.7 Å². The van der Waals surface area contributed by atoms with E-state index in [1.807, 2.05) is 0 Å². The smallest absolute Gasteiger partial charge is 0.332 e. The van der Waals surface area contributed by atoms with Crippen molar-refractivity contribution in [2.45, 2.75) is 6.29 Å². The maximum Gasteiger partial charge on any atom is 0.332 e. The summed E-state index contributed by atoms with van der Waals surface area (Å²) in [4.78, 5) is 10.5. The average molecular weight is 160 g/mol. The Morgan fingerprint density at radius 1 is 1.90 bits per heavy atom. The van der Waals surface area contributed by atoms with Crippen LogP contribution < -0.4 is 0 Å². The average Bonchev–Trinajstić information content (AvgIpc) is 2.40. The lowest BCUT2D eigenvalue weighted by molar-refractivity contribution is -0.161. The van der Waals surface area contributed by atoms with Gasteiger partial charge in [0.1, 0.15) is 0 Å². The maximum absolute atomic E-state index is 10.5. The highest BCUT2D eigenvalue weighted by Gasteiger charge is 2.18. The predicted octanol–water partition coefficient (Wildman–Crippen LogP) is 0.763. The highest BCUT2D eigenvalue weighted by molar-refractivity contribution is 7.99. The second-order valence-electron chi connectivity index (χ2n) is 1.73. The number of esters is 1. The van der Waals surface area contributed by atoms with Gasteiger partial charge in [-0.1, -0.05) is 6.58 Å². The number of hydrogen-bond donors (Lipinski definition) is 0. The first kappa shape index (κ1) is 7.63. The highest BCUT2D eigenvalue weighted by atomic mass is 32.2. The molecule has 0 aliphatic carbocycles. The summed E-state index contributed by atoms with van der Waals surface area (Å²) < 4.78 is 9.76. The fraction of sp³-hybridized carbons (Fsp3) is 0.500. The van der Waals surface area contributed by atoms with Crippen molar-refractivity contribution < 1.29 is 14.3 Å². The van der Waals surface area contributed by atoms with Gasteiger partial charge in [-0.3, -0.25) is 0 Å². The summed E-state index contributed by atoms with van der Waals surface area (Å²) in [5.41, 5.74) is 0. The van der Waals surface area contributed by atoms with Crippen LogP contribution in [0.1, 0.15) is 0 Å². The van der Waals surface area contributed by atoms with Crippen LogP contribution in [0.2, 0.25) is 0 Å². The molecule has 0 aromatic rings. The van der Waals surface area contributed by atoms with E-state index in [9.17, 15) is 4.79 Å². The lowest BCUT2D eigenvalue weighted by Crippen LogP contribution is -2.17. The molecule has 0 bridgehead atoms. The second kappa shape index (κ2) is 3.63. The SMILES string of the molecule is C=CC(=O)OC1CSCO1. The Morgan fingerprint density at radius 3 is 3.20 bits per heavy atom. The molecule has 1 unspecified atom stereocenters. The molecule has 1 aliphatic heterocycles. The number of ether oxygens (including phenoxy) is 2. The van der Waals surface area contributed by atoms with Gasteiger partial charge in [-0.25, -0.2) is 4.79 Å². The lowest BCUT2D eigenvalue weighted by atomic mass is 10.6. The summed E-state index contributed by atoms with van der Waals surface area (Å²) in [7, 11) is 0. The van der Waals surface area contributed by atoms with Crippen LogP contribution in [0.25, 0.3) is 0 Å². The quantitative estimate of drug-likeness (QED) is 0.441. The van der Waals surface area contributed by atoms with E-state index in [0.717, 1.165) is 11.8 Å². The van der Waals surface area contributed by atoms with E-state index in [1.165, 1.54) is 0 Å². The van der Waals surface area contributed by atoms with E-state index in [4.69, 9.17) is 9.47 Å². The summed E-state index contributed by atoms with van der Waals surface area (Å²) in [6.45, 7) is 3.27. The fourth-order valence-corrected chi connectivity index (χ4v) is 1.26. The van der Waals surface area contributed by atoms with Gasteiger partial charge in [-0.15, -0.1) is 11.8 Å². The minimum Gasteiger partial charge on any atom is -0.432 e. The van der Waals surface area contributed by atoms with Crippen LogP contribution in [-0.4, -0.2) is 24.0 Å². The zero-order chi connectivity index (χ0) is 7.40. The Morgan fingerprint density at radius 2 is 2.70 bits per heavy atom. The van der Waals surface area contributed by atoms with Gasteiger partial charge in [-0.2, -0.15) is 0 Å². The van der Waals surface area contributed by atoms with Gasteiger partial charge < -0.3 is 9.47 Å². The Balaban J connectivity index is 2.23. The van der Waals surface area contributed by atoms with Crippen molar-refractivity contribution in [1.29, 1.82) is 0 Å². The summed E-state index contributed by atoms with van der Waals surface area (Å²) in [5, 5.41) is 0. The Bertz CT molecular complexity index is 140. The third-order valence-electron chi connectivity index (χ3n) is 1.01. The molecule has 10 heavy (non-hydrogen) atoms. The van der Waals surface area contributed by atoms with Crippen LogP contribution in [0.3, 0.4) is 0 Å². The summed E-state index contributed by atoms with van der Waals surface area (Å²) >= 11 is 1.60. The van der Waals surface area contributed by atoms with Crippen molar-refractivity contribution in [3.8, 4) is 0 Å². The normalized spacial score (nSPS) is 24.2. The van der Waals surface area contributed by atoms with E-state index in [2.05, 4.69) is 6.58 Å². The number of carbonyl (C=O) groups excluding carboxylic acids is 1. The molecule has 0 amide bonds. The van der Waals surface area contributed by atoms with E-state index in [1.54, 1.807) is 11.8 Å². The van der Waals surface area contributed by atoms with Crippen molar-refractivity contribution in [1.82, 2.24) is 0 Å². The Kier molecular flexibility index (Phi) is 2.77. The molecule has 0 spiro atoms. The van der Waals surface area contributed by atoms with Crippen LogP contribution in [0, 0.1) is 0 Å². The standard InChI is InChI=1S/C6H8O3S/c1-2-5(7)9-6-3-10-4-8-6/h2,6H,1,3-4H2. The first-order valence-corrected chi connectivity index (χ1v) is 4.01. The van der Waals surface area contributed by atoms with E-state index in [0.29, 0.717) is 5.94 Å². The number of hydrogen-bond acceptors (Lipinski definition) is 4. The molecule has 0 aromatic carbocycles. The molecule has 0 saturated carbocycles. The first-order chi connectivity index (χ1) is 4.83. The van der Waals surface area contributed by atoms with Crippen molar-refractivity contribution >= 4 is 17.7 Å². The molecule has 1 fully saturated rings. The Hall–Kier alpha value is -0.480. The van der Waals surface area contributed by atoms with Gasteiger partial charge in [-0.05, 0) is 0 Å². The molecule has 1 saturated heterocycles. The van der Waals surface area contributed by atoms with Crippen LogP contribution in [0.4, 0.5) is 0 Å². The molecule has 1 atom stereocenters. The molecular weight excluding hydrogens is 152 g/mol. The van der Waals surface area contributed by atoms with Gasteiger partial charge in [0.05, 0.1) is 11.7 Å². The first-order valence-electron chi connectivity index (χ1n) is 2.85. The van der Waals surface area contributed by atoms with E-state index in [-0.39, 0.29) is 6.29 Å². The topological polar surface area (TPSA) is 35.5 Å². The minimum absolute atomic E-state index is 0.365. The van der Waals surface area contributed by atoms with E-state index < -0.39 is 5.97 Å². The molecule has 0 N–H and O–H groups in total. The molecule has 1 rings (SSSR count). The molecular formula is C6H8O3S. The van der Waals surface area contributed by atoms with Gasteiger partial charge in [0.2, 0.25) is 6.29 Å². The summed E-state index contributed by atoms with van der Waals surface area (Å²) in [6, 6.07) is 0. The molecule has 4 heteroatoms. The zero-order valence-corrected chi connectivity index (χ0v) is 6.23. The predicted molar refractivity (Wildman–Crippen MR) is 38.5 cm³/mol. The third kappa shape index (κ3) is 2.04. The summed E-state index contributed by atoms with van der Waals surface area (Å²) in [6.07, 6.45) is 0.766. The van der Waals surface area contributed by atoms with Gasteiger partial charge >= 0.3 is 5.97 Å². The monoisotopic (exact) mass is 160 g/mol.